The van der Waals surface area contributed by atoms with Crippen LogP contribution in [-0.4, -0.2) is 99.6 Å². The molecule has 0 aliphatic carbocycles. The third-order valence-electron chi connectivity index (χ3n) is 15.8. The van der Waals surface area contributed by atoms with Gasteiger partial charge in [-0.2, -0.15) is 0 Å². The number of carbonyl (C=O) groups excluding carboxylic acids is 2. The summed E-state index contributed by atoms with van der Waals surface area (Å²) in [6, 6.07) is -1.03. The number of ether oxygens (including phenoxy) is 3. The zero-order chi connectivity index (χ0) is 60.3. The number of amides is 1. The molecular formula is C72H127NO10. The fourth-order valence-electron chi connectivity index (χ4n) is 10.4. The van der Waals surface area contributed by atoms with Gasteiger partial charge >= 0.3 is 5.97 Å². The summed E-state index contributed by atoms with van der Waals surface area (Å²) in [6.45, 7) is 5.70. The Balaban J connectivity index is 2.62. The number of hydrogen-bond acceptors (Lipinski definition) is 10. The number of unbranched alkanes of at least 4 members (excludes halogenated alkanes) is 32. The third-order valence-corrected chi connectivity index (χ3v) is 15.8. The van der Waals surface area contributed by atoms with Crippen molar-refractivity contribution >= 4 is 11.9 Å². The van der Waals surface area contributed by atoms with Crippen LogP contribution in [0.4, 0.5) is 0 Å². The van der Waals surface area contributed by atoms with E-state index < -0.39 is 67.4 Å². The Labute approximate surface area is 508 Å². The van der Waals surface area contributed by atoms with Gasteiger partial charge in [-0.05, 0) is 77.0 Å². The third kappa shape index (κ3) is 46.7. The van der Waals surface area contributed by atoms with Gasteiger partial charge in [-0.15, -0.1) is 0 Å². The lowest BCUT2D eigenvalue weighted by molar-refractivity contribution is -0.305. The molecule has 1 heterocycles. The molecule has 1 aliphatic heterocycles. The first kappa shape index (κ1) is 77.9. The molecule has 11 nitrogen and oxygen atoms in total. The van der Waals surface area contributed by atoms with Crippen molar-refractivity contribution in [3.8, 4) is 0 Å². The summed E-state index contributed by atoms with van der Waals surface area (Å²) in [6.07, 6.45) is 67.5. The minimum absolute atomic E-state index is 0.104. The van der Waals surface area contributed by atoms with Crippen molar-refractivity contribution in [2.45, 2.75) is 346 Å². The second kappa shape index (κ2) is 59.2. The van der Waals surface area contributed by atoms with E-state index >= 15 is 0 Å². The predicted molar refractivity (Wildman–Crippen MR) is 347 cm³/mol. The standard InChI is InChI=1S/C72H127NO10/c1-4-7-10-13-16-19-22-25-27-29-30-31-32-33-34-35-36-37-39-42-45-48-51-54-57-60-67(77)83-70-69(79)68(78)66(61-74)82-72(70)81-62-63(64(75)58-55-52-49-46-43-40-24-21-18-15-12-9-6-3)73-71(80)65(76)59-56-53-50-47-44-41-38-28-26-23-20-17-14-11-8-5-2/h7,10,16,19,25,27,30-31,33-34,36-37,55,58,63-66,68-70,72,74-76,78-79H,4-6,8-9,11-15,17-18,20-24,26,28-29,32,35,38-54,56-57,59-62H2,1-3H3,(H,73,80)/b10-7-,19-16-,27-25-,31-30-,34-33-,37-36-,58-55+. The maximum atomic E-state index is 13.5. The lowest BCUT2D eigenvalue weighted by atomic mass is 9.99. The van der Waals surface area contributed by atoms with Crippen LogP contribution in [0.15, 0.2) is 85.1 Å². The summed E-state index contributed by atoms with van der Waals surface area (Å²) in [5.41, 5.74) is 0. The van der Waals surface area contributed by atoms with Gasteiger partial charge in [0.15, 0.2) is 12.4 Å². The highest BCUT2D eigenvalue weighted by atomic mass is 16.7. The van der Waals surface area contributed by atoms with Crippen LogP contribution in [0.2, 0.25) is 0 Å². The maximum absolute atomic E-state index is 13.5. The summed E-state index contributed by atoms with van der Waals surface area (Å²) in [5.74, 6) is -1.20. The summed E-state index contributed by atoms with van der Waals surface area (Å²) in [7, 11) is 0. The number of nitrogens with one attached hydrogen (secondary N) is 1. The summed E-state index contributed by atoms with van der Waals surface area (Å²) in [5, 5.41) is 57.2. The number of rotatable bonds is 58. The van der Waals surface area contributed by atoms with Gasteiger partial charge < -0.3 is 45.1 Å². The number of carbonyl (C=O) groups is 2. The first-order chi connectivity index (χ1) is 40.7. The van der Waals surface area contributed by atoms with E-state index in [0.717, 1.165) is 116 Å². The molecule has 0 radical (unpaired) electrons. The van der Waals surface area contributed by atoms with Crippen molar-refractivity contribution in [2.75, 3.05) is 13.2 Å². The Morgan fingerprint density at radius 1 is 0.482 bits per heavy atom. The molecule has 8 unspecified atom stereocenters. The monoisotopic (exact) mass is 1170 g/mol. The smallest absolute Gasteiger partial charge is 0.306 e. The molecule has 1 amide bonds. The highest BCUT2D eigenvalue weighted by molar-refractivity contribution is 5.80. The highest BCUT2D eigenvalue weighted by Gasteiger charge is 2.47. The van der Waals surface area contributed by atoms with Crippen molar-refractivity contribution in [1.29, 1.82) is 0 Å². The van der Waals surface area contributed by atoms with Gasteiger partial charge in [-0.25, -0.2) is 0 Å². The van der Waals surface area contributed by atoms with E-state index in [4.69, 9.17) is 14.2 Å². The van der Waals surface area contributed by atoms with Crippen molar-refractivity contribution in [1.82, 2.24) is 5.32 Å². The zero-order valence-corrected chi connectivity index (χ0v) is 53.3. The highest BCUT2D eigenvalue weighted by Crippen LogP contribution is 2.26. The Morgan fingerprint density at radius 3 is 1.30 bits per heavy atom. The summed E-state index contributed by atoms with van der Waals surface area (Å²) >= 11 is 0. The van der Waals surface area contributed by atoms with Gasteiger partial charge in [0.25, 0.3) is 0 Å². The molecule has 1 rings (SSSR count). The van der Waals surface area contributed by atoms with E-state index in [2.05, 4.69) is 99.0 Å². The number of aliphatic hydroxyl groups is 5. The number of hydrogen-bond donors (Lipinski definition) is 6. The molecule has 8 atom stereocenters. The second-order valence-corrected chi connectivity index (χ2v) is 23.5. The molecule has 6 N–H and O–H groups in total. The number of esters is 1. The lowest BCUT2D eigenvalue weighted by Gasteiger charge is -2.41. The molecule has 83 heavy (non-hydrogen) atoms. The molecule has 0 aromatic heterocycles. The Bertz CT molecular complexity index is 1670. The van der Waals surface area contributed by atoms with E-state index in [1.54, 1.807) is 6.08 Å². The normalized spacial score (nSPS) is 19.1. The van der Waals surface area contributed by atoms with Gasteiger partial charge in [0.1, 0.15) is 24.4 Å². The van der Waals surface area contributed by atoms with Crippen LogP contribution in [0.1, 0.15) is 297 Å². The Hall–Kier alpha value is -3.16. The van der Waals surface area contributed by atoms with Crippen LogP contribution >= 0.6 is 0 Å². The van der Waals surface area contributed by atoms with Crippen LogP contribution in [0, 0.1) is 0 Å². The molecular weight excluding hydrogens is 1040 g/mol. The predicted octanol–water partition coefficient (Wildman–Crippen LogP) is 17.3. The van der Waals surface area contributed by atoms with Gasteiger partial charge in [-0.1, -0.05) is 298 Å². The minimum Gasteiger partial charge on any atom is -0.454 e. The van der Waals surface area contributed by atoms with Gasteiger partial charge in [0.2, 0.25) is 5.91 Å². The largest absolute Gasteiger partial charge is 0.454 e. The van der Waals surface area contributed by atoms with Crippen LogP contribution in [0.3, 0.4) is 0 Å². The molecule has 0 aromatic carbocycles. The quantitative estimate of drug-likeness (QED) is 0.0195. The molecule has 1 aliphatic rings. The Kier molecular flexibility index (Phi) is 55.5. The summed E-state index contributed by atoms with van der Waals surface area (Å²) in [4.78, 5) is 26.6. The molecule has 0 aromatic rings. The van der Waals surface area contributed by atoms with E-state index in [-0.39, 0.29) is 13.0 Å². The lowest BCUT2D eigenvalue weighted by Crippen LogP contribution is -2.61. The molecule has 1 saturated heterocycles. The first-order valence-electron chi connectivity index (χ1n) is 34.4. The molecule has 0 saturated carbocycles. The van der Waals surface area contributed by atoms with Crippen molar-refractivity contribution in [3.05, 3.63) is 85.1 Å². The van der Waals surface area contributed by atoms with Crippen molar-refractivity contribution in [2.24, 2.45) is 0 Å². The zero-order valence-electron chi connectivity index (χ0n) is 53.3. The molecule has 0 spiro atoms. The fraction of sp³-hybridized carbons (Fsp3) is 0.778. The molecule has 1 fully saturated rings. The van der Waals surface area contributed by atoms with E-state index in [1.165, 1.54) is 135 Å². The summed E-state index contributed by atoms with van der Waals surface area (Å²) < 4.78 is 17.7. The fourth-order valence-corrected chi connectivity index (χ4v) is 10.4. The first-order valence-corrected chi connectivity index (χ1v) is 34.4. The average Bonchev–Trinajstić information content (AvgIpc) is 3.58. The topological polar surface area (TPSA) is 175 Å². The average molecular weight is 1170 g/mol. The van der Waals surface area contributed by atoms with Crippen molar-refractivity contribution < 1.29 is 49.3 Å². The molecule has 480 valence electrons. The van der Waals surface area contributed by atoms with E-state index in [1.807, 2.05) is 6.08 Å². The van der Waals surface area contributed by atoms with Crippen LogP contribution in [0.25, 0.3) is 0 Å². The van der Waals surface area contributed by atoms with Gasteiger partial charge in [-0.3, -0.25) is 9.59 Å². The van der Waals surface area contributed by atoms with E-state index in [9.17, 15) is 35.1 Å². The van der Waals surface area contributed by atoms with Crippen LogP contribution in [-0.2, 0) is 23.8 Å². The minimum atomic E-state index is -1.62. The number of aliphatic hydroxyl groups excluding tert-OH is 5. The van der Waals surface area contributed by atoms with Crippen LogP contribution < -0.4 is 5.32 Å². The van der Waals surface area contributed by atoms with E-state index in [0.29, 0.717) is 19.3 Å². The maximum Gasteiger partial charge on any atom is 0.306 e. The molecule has 0 bridgehead atoms. The van der Waals surface area contributed by atoms with Crippen molar-refractivity contribution in [3.63, 3.8) is 0 Å². The van der Waals surface area contributed by atoms with Gasteiger partial charge in [0.05, 0.1) is 25.4 Å². The van der Waals surface area contributed by atoms with Gasteiger partial charge in [0, 0.05) is 6.42 Å². The Morgan fingerprint density at radius 2 is 0.867 bits per heavy atom. The molecule has 11 heteroatoms. The SMILES string of the molecule is CC/C=C\C/C=C\C/C=C\C/C=C\C/C=C\C/C=C\CCCCCCCCC(=O)OC1C(OCC(NC(=O)C(O)CCCCCCCCCCCCCCCCCC)C(O)/C=C/CCCCCCCCCCCCC)OC(CO)C(O)C1O. The number of allylic oxidation sites excluding steroid dienone is 13. The van der Waals surface area contributed by atoms with Crippen LogP contribution in [0.5, 0.6) is 0 Å². The second-order valence-electron chi connectivity index (χ2n) is 23.5.